The molecule has 2 rings (SSSR count). The van der Waals surface area contributed by atoms with E-state index in [2.05, 4.69) is 16.0 Å². The van der Waals surface area contributed by atoms with Gasteiger partial charge in [0.1, 0.15) is 60.4 Å². The Balaban J connectivity index is 3.03. The Hall–Kier alpha value is -6.17. The molecular formula is C64H113N11O13. The van der Waals surface area contributed by atoms with Gasteiger partial charge in [-0.1, -0.05) is 109 Å². The van der Waals surface area contributed by atoms with E-state index in [1.807, 2.05) is 55.4 Å². The topological polar surface area (TPSA) is 290 Å². The number of nitrogens with one attached hydrogen (secondary N) is 3. The van der Waals surface area contributed by atoms with Crippen molar-refractivity contribution in [3.8, 4) is 0 Å². The van der Waals surface area contributed by atoms with Crippen LogP contribution in [0.1, 0.15) is 156 Å². The Bertz CT molecular complexity index is 2450. The van der Waals surface area contributed by atoms with Crippen molar-refractivity contribution in [1.29, 1.82) is 0 Å². The molecular weight excluding hydrogens is 1130 g/mol. The molecule has 2 heterocycles. The van der Waals surface area contributed by atoms with Crippen LogP contribution in [-0.2, 0) is 52.7 Å². The highest BCUT2D eigenvalue weighted by Crippen LogP contribution is 2.28. The van der Waals surface area contributed by atoms with Gasteiger partial charge in [-0.3, -0.25) is 52.7 Å². The van der Waals surface area contributed by atoms with Gasteiger partial charge in [0, 0.05) is 62.3 Å². The number of aliphatic hydroxyl groups excluding tert-OH is 2. The predicted octanol–water partition coefficient (Wildman–Crippen LogP) is 2.73. The van der Waals surface area contributed by atoms with Gasteiger partial charge in [0.25, 0.3) is 0 Å². The summed E-state index contributed by atoms with van der Waals surface area (Å²) in [6, 6.07) is -12.7. The Kier molecular flexibility index (Phi) is 30.7. The molecule has 0 spiro atoms. The largest absolute Gasteiger partial charge is 0.391 e. The number of rotatable bonds is 15. The van der Waals surface area contributed by atoms with E-state index in [1.165, 1.54) is 85.7 Å². The van der Waals surface area contributed by atoms with E-state index < -0.39 is 162 Å². The van der Waals surface area contributed by atoms with Crippen molar-refractivity contribution in [2.24, 2.45) is 41.4 Å². The number of likely N-dealkylation sites (N-methyl/N-ethyl adjacent to an activating group) is 7. The van der Waals surface area contributed by atoms with Crippen molar-refractivity contribution < 1.29 is 63.0 Å². The summed E-state index contributed by atoms with van der Waals surface area (Å²) in [6.07, 6.45) is 1.57. The standard InChI is InChI=1S/C64H113N11O13/c1-24-26-27-41(15)54(78)53-57(81)66-44(25-2)59(83)68(17)34-50(77)69(18)45(28-35(3)4)56(80)67-51(39(11)12)63(87)70(19)46(29-36(5)6)55(79)65-42(16)58(82)75-33-43(76)32-49(75)62(86)72(21)47(30-37(7)8)60(84)71(20)48(31-38(9)10)61(85)73(22)52(40(13)14)64(88)74(53)23/h24,26,35-49,51-54,76,78H,25,27-34H2,1-23H3,(H,65,79)(H,66,81)(H,67,80)/b26-24+/t41-,42+,43-,44+,45+,46+,47+,48+,49-,51+,52+,53+,54-/m1/s1. The lowest BCUT2D eigenvalue weighted by atomic mass is 9.91. The van der Waals surface area contributed by atoms with Gasteiger partial charge in [0.2, 0.25) is 65.0 Å². The zero-order chi connectivity index (χ0) is 67.8. The fourth-order valence-corrected chi connectivity index (χ4v) is 11.7. The number of fused-ring (bicyclic) bond motifs is 1. The number of hydrogen-bond donors (Lipinski definition) is 5. The van der Waals surface area contributed by atoms with Crippen LogP contribution in [-0.4, -0.2) is 249 Å². The van der Waals surface area contributed by atoms with E-state index in [-0.39, 0.29) is 68.7 Å². The molecule has 0 aromatic rings. The van der Waals surface area contributed by atoms with Gasteiger partial charge in [0.15, 0.2) is 0 Å². The average molecular weight is 1240 g/mol. The van der Waals surface area contributed by atoms with Crippen molar-refractivity contribution in [3.05, 3.63) is 12.2 Å². The quantitative estimate of drug-likeness (QED) is 0.148. The van der Waals surface area contributed by atoms with Crippen molar-refractivity contribution in [1.82, 2.24) is 55.1 Å². The predicted molar refractivity (Wildman–Crippen MR) is 337 cm³/mol. The second-order valence-corrected chi connectivity index (χ2v) is 27.3. The van der Waals surface area contributed by atoms with Gasteiger partial charge in [-0.2, -0.15) is 0 Å². The Labute approximate surface area is 525 Å². The molecule has 0 aromatic carbocycles. The molecule has 0 aromatic heterocycles. The fraction of sp³-hybridized carbons (Fsp3) is 0.797. The summed E-state index contributed by atoms with van der Waals surface area (Å²) < 4.78 is 0. The van der Waals surface area contributed by atoms with Gasteiger partial charge in [-0.25, -0.2) is 0 Å². The van der Waals surface area contributed by atoms with Crippen LogP contribution in [0.15, 0.2) is 12.2 Å². The third-order valence-corrected chi connectivity index (χ3v) is 17.2. The molecule has 5 N–H and O–H groups in total. The average Bonchev–Trinajstić information content (AvgIpc) is 2.47. The third kappa shape index (κ3) is 20.4. The molecule has 2 saturated heterocycles. The molecule has 88 heavy (non-hydrogen) atoms. The minimum absolute atomic E-state index is 0.0152. The minimum atomic E-state index is -1.62. The summed E-state index contributed by atoms with van der Waals surface area (Å²) in [6.45, 7) is 27.5. The normalized spacial score (nSPS) is 28.0. The van der Waals surface area contributed by atoms with Crippen LogP contribution in [0.2, 0.25) is 0 Å². The number of aliphatic hydroxyl groups is 2. The number of carbonyl (C=O) groups is 11. The Morgan fingerprint density at radius 3 is 1.42 bits per heavy atom. The lowest BCUT2D eigenvalue weighted by molar-refractivity contribution is -0.158. The van der Waals surface area contributed by atoms with Gasteiger partial charge in [-0.15, -0.1) is 0 Å². The SMILES string of the molecule is C/C=C/C[C@@H](C)[C@@H](O)[C@H]1C(=O)N[C@@H](CC)C(=O)N(C)CC(=O)N(C)[C@@H](CC(C)C)C(=O)N[C@@H](C(C)C)C(=O)N(C)[C@@H](CC(C)C)C(=O)N[C@@H](C)C(=O)N2C[C@H](O)C[C@@H]2C(=O)N(C)[C@@H](CC(C)C)C(=O)N(C)[C@@H](CC(C)C)C(=O)N(C)[C@@H](C(C)C)C(=O)N1C. The van der Waals surface area contributed by atoms with Gasteiger partial charge < -0.3 is 65.4 Å². The highest BCUT2D eigenvalue weighted by atomic mass is 16.3. The number of carbonyl (C=O) groups excluding carboxylic acids is 11. The monoisotopic (exact) mass is 1240 g/mol. The van der Waals surface area contributed by atoms with Crippen LogP contribution in [0.4, 0.5) is 0 Å². The molecule has 11 amide bonds. The number of allylic oxidation sites excluding steroid dienone is 2. The van der Waals surface area contributed by atoms with Gasteiger partial charge in [-0.05, 0) is 93.8 Å². The summed E-state index contributed by atoms with van der Waals surface area (Å²) >= 11 is 0. The van der Waals surface area contributed by atoms with E-state index in [4.69, 9.17) is 0 Å². The third-order valence-electron chi connectivity index (χ3n) is 17.2. The summed E-state index contributed by atoms with van der Waals surface area (Å²) in [5.41, 5.74) is 0. The van der Waals surface area contributed by atoms with Gasteiger partial charge in [0.05, 0.1) is 18.8 Å². The van der Waals surface area contributed by atoms with Crippen molar-refractivity contribution >= 4 is 65.0 Å². The van der Waals surface area contributed by atoms with E-state index >= 15 is 14.4 Å². The van der Waals surface area contributed by atoms with Crippen LogP contribution in [0, 0.1) is 41.4 Å². The Morgan fingerprint density at radius 2 is 0.955 bits per heavy atom. The van der Waals surface area contributed by atoms with E-state index in [0.29, 0.717) is 6.42 Å². The maximum Gasteiger partial charge on any atom is 0.246 e. The van der Waals surface area contributed by atoms with Crippen molar-refractivity contribution in [2.75, 3.05) is 62.4 Å². The first-order chi connectivity index (χ1) is 40.7. The van der Waals surface area contributed by atoms with Gasteiger partial charge >= 0.3 is 0 Å². The highest BCUT2D eigenvalue weighted by Gasteiger charge is 2.48. The maximum atomic E-state index is 15.2. The maximum absolute atomic E-state index is 15.2. The molecule has 24 nitrogen and oxygen atoms in total. The summed E-state index contributed by atoms with van der Waals surface area (Å²) in [5, 5.41) is 31.6. The number of hydrogen-bond acceptors (Lipinski definition) is 13. The van der Waals surface area contributed by atoms with Crippen molar-refractivity contribution in [2.45, 2.75) is 228 Å². The van der Waals surface area contributed by atoms with Crippen LogP contribution in [0.5, 0.6) is 0 Å². The summed E-state index contributed by atoms with van der Waals surface area (Å²) in [4.78, 5) is 172. The molecule has 2 fully saturated rings. The molecule has 2 aliphatic rings. The Morgan fingerprint density at radius 1 is 0.511 bits per heavy atom. The van der Waals surface area contributed by atoms with Crippen LogP contribution < -0.4 is 16.0 Å². The molecule has 502 valence electrons. The van der Waals surface area contributed by atoms with E-state index in [1.54, 1.807) is 60.6 Å². The smallest absolute Gasteiger partial charge is 0.246 e. The molecule has 0 radical (unpaired) electrons. The number of amides is 11. The molecule has 0 saturated carbocycles. The second kappa shape index (κ2) is 34.7. The zero-order valence-corrected chi connectivity index (χ0v) is 57.5. The first-order valence-electron chi connectivity index (χ1n) is 31.7. The molecule has 0 bridgehead atoms. The fourth-order valence-electron chi connectivity index (χ4n) is 11.7. The molecule has 13 atom stereocenters. The molecule has 24 heteroatoms. The highest BCUT2D eigenvalue weighted by molar-refractivity contribution is 6.00. The van der Waals surface area contributed by atoms with Crippen LogP contribution >= 0.6 is 0 Å². The van der Waals surface area contributed by atoms with Crippen LogP contribution in [0.3, 0.4) is 0 Å². The summed E-state index contributed by atoms with van der Waals surface area (Å²) in [5.74, 6) is -10.0. The van der Waals surface area contributed by atoms with Crippen molar-refractivity contribution in [3.63, 3.8) is 0 Å². The second-order valence-electron chi connectivity index (χ2n) is 27.3. The van der Waals surface area contributed by atoms with Crippen LogP contribution in [0.25, 0.3) is 0 Å². The molecule has 0 aliphatic carbocycles. The first-order valence-corrected chi connectivity index (χ1v) is 31.7. The lowest BCUT2D eigenvalue weighted by Gasteiger charge is -2.41. The zero-order valence-electron chi connectivity index (χ0n) is 57.5. The van der Waals surface area contributed by atoms with E-state index in [0.717, 1.165) is 9.80 Å². The minimum Gasteiger partial charge on any atom is -0.391 e. The molecule has 2 aliphatic heterocycles. The number of nitrogens with zero attached hydrogens (tertiary/aromatic N) is 8. The lowest BCUT2D eigenvalue weighted by Crippen LogP contribution is -2.63. The summed E-state index contributed by atoms with van der Waals surface area (Å²) in [7, 11) is 9.87. The van der Waals surface area contributed by atoms with E-state index in [9.17, 15) is 48.6 Å². The molecule has 0 unspecified atom stereocenters. The first kappa shape index (κ1) is 77.9.